The smallest absolute Gasteiger partial charge is 0.248 e. The highest BCUT2D eigenvalue weighted by Crippen LogP contribution is 2.27. The van der Waals surface area contributed by atoms with Crippen molar-refractivity contribution in [2.45, 2.75) is 6.61 Å². The number of carbonyl (C=O) groups excluding carboxylic acids is 1. The second kappa shape index (κ2) is 8.53. The molecule has 4 aromatic rings. The minimum absolute atomic E-state index is 0.324. The van der Waals surface area contributed by atoms with Gasteiger partial charge in [0.25, 0.3) is 0 Å². The Morgan fingerprint density at radius 2 is 1.60 bits per heavy atom. The van der Waals surface area contributed by atoms with Gasteiger partial charge in [0.1, 0.15) is 18.1 Å². The first-order valence-corrected chi connectivity index (χ1v) is 9.45. The Hall–Kier alpha value is -4.06. The molecule has 150 valence electrons. The Bertz CT molecular complexity index is 1130. The molecule has 2 N–H and O–H groups in total. The van der Waals surface area contributed by atoms with Crippen LogP contribution in [-0.2, 0) is 6.61 Å². The van der Waals surface area contributed by atoms with Crippen LogP contribution in [0.1, 0.15) is 15.9 Å². The van der Waals surface area contributed by atoms with E-state index in [1.54, 1.807) is 31.4 Å². The van der Waals surface area contributed by atoms with Crippen LogP contribution in [0.25, 0.3) is 16.9 Å². The number of para-hydroxylation sites is 1. The first-order valence-electron chi connectivity index (χ1n) is 9.45. The maximum absolute atomic E-state index is 11.2. The molecule has 0 atom stereocenters. The Balaban J connectivity index is 1.64. The van der Waals surface area contributed by atoms with Gasteiger partial charge in [0.2, 0.25) is 5.91 Å². The van der Waals surface area contributed by atoms with Gasteiger partial charge in [-0.1, -0.05) is 18.2 Å². The largest absolute Gasteiger partial charge is 0.497 e. The summed E-state index contributed by atoms with van der Waals surface area (Å²) in [5.74, 6) is 0.967. The van der Waals surface area contributed by atoms with Gasteiger partial charge in [-0.3, -0.25) is 4.79 Å². The van der Waals surface area contributed by atoms with Crippen molar-refractivity contribution >= 4 is 5.91 Å². The molecule has 4 rings (SSSR count). The number of amides is 1. The topological polar surface area (TPSA) is 79.4 Å². The molecule has 6 nitrogen and oxygen atoms in total. The van der Waals surface area contributed by atoms with Crippen molar-refractivity contribution in [2.24, 2.45) is 5.73 Å². The molecule has 0 aliphatic carbocycles. The highest BCUT2D eigenvalue weighted by atomic mass is 16.5. The summed E-state index contributed by atoms with van der Waals surface area (Å²) in [6, 6.07) is 24.4. The van der Waals surface area contributed by atoms with E-state index in [-0.39, 0.29) is 0 Å². The van der Waals surface area contributed by atoms with E-state index < -0.39 is 5.91 Å². The van der Waals surface area contributed by atoms with Crippen LogP contribution in [-0.4, -0.2) is 22.8 Å². The average molecular weight is 399 g/mol. The van der Waals surface area contributed by atoms with Gasteiger partial charge < -0.3 is 15.2 Å². The zero-order valence-corrected chi connectivity index (χ0v) is 16.5. The second-order valence-electron chi connectivity index (χ2n) is 6.69. The first-order chi connectivity index (χ1) is 14.6. The Morgan fingerprint density at radius 3 is 2.23 bits per heavy atom. The predicted octanol–water partition coefficient (Wildman–Crippen LogP) is 4.23. The van der Waals surface area contributed by atoms with Crippen molar-refractivity contribution in [1.82, 2.24) is 9.78 Å². The zero-order chi connectivity index (χ0) is 20.9. The quantitative estimate of drug-likeness (QED) is 0.504. The van der Waals surface area contributed by atoms with Crippen molar-refractivity contribution in [3.63, 3.8) is 0 Å². The van der Waals surface area contributed by atoms with E-state index in [0.717, 1.165) is 28.3 Å². The second-order valence-corrected chi connectivity index (χ2v) is 6.69. The number of nitrogens with two attached hydrogens (primary N) is 1. The van der Waals surface area contributed by atoms with Crippen LogP contribution in [0.2, 0.25) is 0 Å². The number of primary amides is 1. The molecule has 30 heavy (non-hydrogen) atoms. The van der Waals surface area contributed by atoms with Gasteiger partial charge in [0.15, 0.2) is 0 Å². The Kier molecular flexibility index (Phi) is 5.48. The molecule has 0 aliphatic rings. The SMILES string of the molecule is COc1ccc(-c2nn(-c3ccccc3)cc2COc2ccc(C(N)=O)cc2)cc1. The molecule has 0 unspecified atom stereocenters. The fourth-order valence-electron chi connectivity index (χ4n) is 3.10. The number of nitrogens with zero attached hydrogens (tertiary/aromatic N) is 2. The Labute approximate surface area is 174 Å². The van der Waals surface area contributed by atoms with Gasteiger partial charge >= 0.3 is 0 Å². The lowest BCUT2D eigenvalue weighted by Gasteiger charge is -2.07. The summed E-state index contributed by atoms with van der Waals surface area (Å²) in [5.41, 5.74) is 9.43. The maximum Gasteiger partial charge on any atom is 0.248 e. The number of carbonyl (C=O) groups is 1. The predicted molar refractivity (Wildman–Crippen MR) is 115 cm³/mol. The van der Waals surface area contributed by atoms with Gasteiger partial charge in [0, 0.05) is 22.9 Å². The molecule has 1 heterocycles. The van der Waals surface area contributed by atoms with Crippen LogP contribution >= 0.6 is 0 Å². The molecule has 3 aromatic carbocycles. The van der Waals surface area contributed by atoms with Crippen LogP contribution in [0.5, 0.6) is 11.5 Å². The van der Waals surface area contributed by atoms with Crippen molar-refractivity contribution < 1.29 is 14.3 Å². The molecule has 1 amide bonds. The number of benzene rings is 3. The van der Waals surface area contributed by atoms with E-state index in [0.29, 0.717) is 17.9 Å². The van der Waals surface area contributed by atoms with Gasteiger partial charge in [-0.15, -0.1) is 0 Å². The average Bonchev–Trinajstić information content (AvgIpc) is 3.23. The molecule has 6 heteroatoms. The standard InChI is InChI=1S/C24H21N3O3/c1-29-21-11-7-17(8-12-21)23-19(15-27(26-23)20-5-3-2-4-6-20)16-30-22-13-9-18(10-14-22)24(25)28/h2-15H,16H2,1H3,(H2,25,28). The van der Waals surface area contributed by atoms with E-state index in [1.165, 1.54) is 0 Å². The fraction of sp³-hybridized carbons (Fsp3) is 0.0833. The Morgan fingerprint density at radius 1 is 0.933 bits per heavy atom. The third kappa shape index (κ3) is 4.17. The lowest BCUT2D eigenvalue weighted by molar-refractivity contribution is 0.1000. The highest BCUT2D eigenvalue weighted by Gasteiger charge is 2.13. The van der Waals surface area contributed by atoms with E-state index >= 15 is 0 Å². The number of hydrogen-bond acceptors (Lipinski definition) is 4. The molecular weight excluding hydrogens is 378 g/mol. The summed E-state index contributed by atoms with van der Waals surface area (Å²) < 4.78 is 13.1. The number of hydrogen-bond donors (Lipinski definition) is 1. The van der Waals surface area contributed by atoms with Crippen molar-refractivity contribution in [3.8, 4) is 28.4 Å². The molecule has 0 saturated heterocycles. The molecule has 1 aromatic heterocycles. The van der Waals surface area contributed by atoms with Crippen LogP contribution in [0, 0.1) is 0 Å². The summed E-state index contributed by atoms with van der Waals surface area (Å²) >= 11 is 0. The van der Waals surface area contributed by atoms with Crippen molar-refractivity contribution in [2.75, 3.05) is 7.11 Å². The summed E-state index contributed by atoms with van der Waals surface area (Å²) in [7, 11) is 1.64. The molecule has 0 fully saturated rings. The minimum Gasteiger partial charge on any atom is -0.497 e. The summed E-state index contributed by atoms with van der Waals surface area (Å²) in [5, 5.41) is 4.79. The lowest BCUT2D eigenvalue weighted by atomic mass is 10.1. The monoisotopic (exact) mass is 399 g/mol. The van der Waals surface area contributed by atoms with E-state index in [4.69, 9.17) is 20.3 Å². The van der Waals surface area contributed by atoms with E-state index in [1.807, 2.05) is 65.5 Å². The number of ether oxygens (including phenoxy) is 2. The van der Waals surface area contributed by atoms with Crippen LogP contribution in [0.15, 0.2) is 85.1 Å². The lowest BCUT2D eigenvalue weighted by Crippen LogP contribution is -2.10. The molecule has 0 bridgehead atoms. The summed E-state index contributed by atoms with van der Waals surface area (Å²) in [6.07, 6.45) is 1.96. The van der Waals surface area contributed by atoms with E-state index in [2.05, 4.69) is 0 Å². The van der Waals surface area contributed by atoms with Gasteiger partial charge in [-0.25, -0.2) is 4.68 Å². The normalized spacial score (nSPS) is 10.6. The van der Waals surface area contributed by atoms with Crippen LogP contribution < -0.4 is 15.2 Å². The number of methoxy groups -OCH3 is 1. The molecule has 0 spiro atoms. The van der Waals surface area contributed by atoms with Crippen molar-refractivity contribution in [1.29, 1.82) is 0 Å². The van der Waals surface area contributed by atoms with Gasteiger partial charge in [-0.2, -0.15) is 5.10 Å². The molecule has 0 radical (unpaired) electrons. The third-order valence-electron chi connectivity index (χ3n) is 4.71. The van der Waals surface area contributed by atoms with Gasteiger partial charge in [0.05, 0.1) is 18.5 Å². The maximum atomic E-state index is 11.2. The molecule has 0 aliphatic heterocycles. The third-order valence-corrected chi connectivity index (χ3v) is 4.71. The fourth-order valence-corrected chi connectivity index (χ4v) is 3.10. The highest BCUT2D eigenvalue weighted by molar-refractivity contribution is 5.92. The number of rotatable bonds is 7. The zero-order valence-electron chi connectivity index (χ0n) is 16.5. The minimum atomic E-state index is -0.465. The van der Waals surface area contributed by atoms with Gasteiger partial charge in [-0.05, 0) is 60.7 Å². The molecular formula is C24H21N3O3. The summed E-state index contributed by atoms with van der Waals surface area (Å²) in [4.78, 5) is 11.2. The van der Waals surface area contributed by atoms with Crippen molar-refractivity contribution in [3.05, 3.63) is 96.2 Å². The van der Waals surface area contributed by atoms with Crippen LogP contribution in [0.4, 0.5) is 0 Å². The number of aromatic nitrogens is 2. The van der Waals surface area contributed by atoms with Crippen LogP contribution in [0.3, 0.4) is 0 Å². The van der Waals surface area contributed by atoms with E-state index in [9.17, 15) is 4.79 Å². The first kappa shape index (κ1) is 19.3. The summed E-state index contributed by atoms with van der Waals surface area (Å²) in [6.45, 7) is 0.324. The molecule has 0 saturated carbocycles.